The van der Waals surface area contributed by atoms with Crippen molar-refractivity contribution in [1.82, 2.24) is 4.98 Å². The minimum atomic E-state index is -0.256. The molecule has 0 aliphatic carbocycles. The lowest BCUT2D eigenvalue weighted by molar-refractivity contribution is -0.483. The fourth-order valence-electron chi connectivity index (χ4n) is 2.68. The number of nitrogens with zero attached hydrogens (tertiary/aromatic N) is 2. The van der Waals surface area contributed by atoms with Gasteiger partial charge in [0.1, 0.15) is 0 Å². The standard InChI is InChI=1S/C18H15BrN2O2/c19-16-8-5-13(6-9-16)15(12-21(22)23)11-17-10-7-14-3-1-2-4-18(14)20-17/h1-10,15H,11-12H2. The normalized spacial score (nSPS) is 12.2. The fraction of sp³-hybridized carbons (Fsp3) is 0.167. The van der Waals surface area contributed by atoms with Crippen molar-refractivity contribution < 1.29 is 4.92 Å². The van der Waals surface area contributed by atoms with Gasteiger partial charge in [0.2, 0.25) is 6.54 Å². The lowest BCUT2D eigenvalue weighted by Gasteiger charge is -2.13. The highest BCUT2D eigenvalue weighted by molar-refractivity contribution is 9.10. The molecule has 0 aliphatic heterocycles. The molecule has 0 fully saturated rings. The third-order valence-electron chi connectivity index (χ3n) is 3.82. The Bertz CT molecular complexity index is 834. The van der Waals surface area contributed by atoms with Gasteiger partial charge in [0.15, 0.2) is 0 Å². The van der Waals surface area contributed by atoms with Gasteiger partial charge in [0, 0.05) is 26.9 Å². The number of para-hydroxylation sites is 1. The van der Waals surface area contributed by atoms with Crippen LogP contribution in [-0.4, -0.2) is 16.5 Å². The van der Waals surface area contributed by atoms with Crippen LogP contribution >= 0.6 is 15.9 Å². The summed E-state index contributed by atoms with van der Waals surface area (Å²) >= 11 is 3.39. The van der Waals surface area contributed by atoms with Crippen LogP contribution in [0.2, 0.25) is 0 Å². The van der Waals surface area contributed by atoms with Crippen molar-refractivity contribution in [3.8, 4) is 0 Å². The Morgan fingerprint density at radius 2 is 1.78 bits per heavy atom. The van der Waals surface area contributed by atoms with Gasteiger partial charge in [0.05, 0.1) is 11.4 Å². The van der Waals surface area contributed by atoms with Gasteiger partial charge in [-0.05, 0) is 29.8 Å². The van der Waals surface area contributed by atoms with Crippen LogP contribution in [0.3, 0.4) is 0 Å². The molecule has 3 rings (SSSR count). The zero-order valence-electron chi connectivity index (χ0n) is 12.4. The van der Waals surface area contributed by atoms with Crippen molar-refractivity contribution in [2.45, 2.75) is 12.3 Å². The third-order valence-corrected chi connectivity index (χ3v) is 4.35. The van der Waals surface area contributed by atoms with E-state index in [0.717, 1.165) is 26.6 Å². The lowest BCUT2D eigenvalue weighted by Crippen LogP contribution is -2.15. The van der Waals surface area contributed by atoms with E-state index in [-0.39, 0.29) is 17.4 Å². The topological polar surface area (TPSA) is 56.0 Å². The van der Waals surface area contributed by atoms with Crippen LogP contribution in [0.5, 0.6) is 0 Å². The second kappa shape index (κ2) is 6.87. The molecule has 0 amide bonds. The van der Waals surface area contributed by atoms with Crippen LogP contribution in [0.1, 0.15) is 17.2 Å². The molecular formula is C18H15BrN2O2. The molecule has 116 valence electrons. The maximum atomic E-state index is 11.0. The van der Waals surface area contributed by atoms with Gasteiger partial charge in [-0.15, -0.1) is 0 Å². The number of hydrogen-bond acceptors (Lipinski definition) is 3. The summed E-state index contributed by atoms with van der Waals surface area (Å²) in [6.07, 6.45) is 0.549. The Morgan fingerprint density at radius 1 is 1.04 bits per heavy atom. The van der Waals surface area contributed by atoms with Gasteiger partial charge in [-0.1, -0.05) is 52.3 Å². The van der Waals surface area contributed by atoms with Crippen LogP contribution < -0.4 is 0 Å². The molecule has 0 saturated heterocycles. The molecule has 1 unspecified atom stereocenters. The first kappa shape index (κ1) is 15.6. The van der Waals surface area contributed by atoms with Crippen LogP contribution in [0.15, 0.2) is 65.1 Å². The zero-order valence-corrected chi connectivity index (χ0v) is 13.9. The number of fused-ring (bicyclic) bond motifs is 1. The number of nitro groups is 1. The smallest absolute Gasteiger partial charge is 0.211 e. The Morgan fingerprint density at radius 3 is 2.52 bits per heavy atom. The molecule has 0 aliphatic rings. The monoisotopic (exact) mass is 370 g/mol. The van der Waals surface area contributed by atoms with Crippen LogP contribution in [0, 0.1) is 10.1 Å². The summed E-state index contributed by atoms with van der Waals surface area (Å²) < 4.78 is 0.963. The van der Waals surface area contributed by atoms with Gasteiger partial charge >= 0.3 is 0 Å². The largest absolute Gasteiger partial charge is 0.265 e. The molecule has 1 aromatic heterocycles. The van der Waals surface area contributed by atoms with E-state index < -0.39 is 0 Å². The average Bonchev–Trinajstić information content (AvgIpc) is 2.54. The molecule has 1 heterocycles. The molecule has 4 nitrogen and oxygen atoms in total. The second-order valence-corrected chi connectivity index (χ2v) is 6.38. The maximum Gasteiger partial charge on any atom is 0.211 e. The van der Waals surface area contributed by atoms with E-state index in [0.29, 0.717) is 6.42 Å². The summed E-state index contributed by atoms with van der Waals surface area (Å²) in [7, 11) is 0. The first-order valence-electron chi connectivity index (χ1n) is 7.34. The summed E-state index contributed by atoms with van der Waals surface area (Å²) in [6.45, 7) is -0.101. The van der Waals surface area contributed by atoms with Crippen LogP contribution in [0.4, 0.5) is 0 Å². The summed E-state index contributed by atoms with van der Waals surface area (Å²) in [5.74, 6) is -0.188. The van der Waals surface area contributed by atoms with Crippen molar-refractivity contribution in [2.24, 2.45) is 0 Å². The van der Waals surface area contributed by atoms with E-state index in [4.69, 9.17) is 0 Å². The van der Waals surface area contributed by atoms with E-state index in [1.54, 1.807) is 0 Å². The highest BCUT2D eigenvalue weighted by Crippen LogP contribution is 2.23. The molecule has 0 N–H and O–H groups in total. The molecule has 1 atom stereocenters. The SMILES string of the molecule is O=[N+]([O-])CC(Cc1ccc2ccccc2n1)c1ccc(Br)cc1. The van der Waals surface area contributed by atoms with Gasteiger partial charge in [-0.2, -0.15) is 0 Å². The fourth-order valence-corrected chi connectivity index (χ4v) is 2.94. The first-order valence-corrected chi connectivity index (χ1v) is 8.13. The van der Waals surface area contributed by atoms with Gasteiger partial charge in [-0.3, -0.25) is 15.1 Å². The van der Waals surface area contributed by atoms with Gasteiger partial charge in [-0.25, -0.2) is 0 Å². The number of pyridine rings is 1. The van der Waals surface area contributed by atoms with Crippen LogP contribution in [0.25, 0.3) is 10.9 Å². The molecule has 0 spiro atoms. The molecule has 5 heteroatoms. The third kappa shape index (κ3) is 3.93. The molecule has 0 radical (unpaired) electrons. The lowest BCUT2D eigenvalue weighted by atomic mass is 9.94. The number of halogens is 1. The summed E-state index contributed by atoms with van der Waals surface area (Å²) in [5, 5.41) is 12.1. The summed E-state index contributed by atoms with van der Waals surface area (Å²) in [5.41, 5.74) is 2.75. The Labute approximate surface area is 142 Å². The predicted molar refractivity (Wildman–Crippen MR) is 94.2 cm³/mol. The first-order chi connectivity index (χ1) is 11.1. The minimum absolute atomic E-state index is 0.101. The quantitative estimate of drug-likeness (QED) is 0.487. The van der Waals surface area contributed by atoms with E-state index in [1.165, 1.54) is 0 Å². The Kier molecular flexibility index (Phi) is 4.67. The van der Waals surface area contributed by atoms with E-state index in [9.17, 15) is 10.1 Å². The molecule has 3 aromatic rings. The second-order valence-electron chi connectivity index (χ2n) is 5.46. The molecular weight excluding hydrogens is 356 g/mol. The van der Waals surface area contributed by atoms with Crippen molar-refractivity contribution in [1.29, 1.82) is 0 Å². The van der Waals surface area contributed by atoms with Crippen molar-refractivity contribution in [3.05, 3.63) is 86.5 Å². The number of hydrogen-bond donors (Lipinski definition) is 0. The van der Waals surface area contributed by atoms with E-state index in [2.05, 4.69) is 20.9 Å². The molecule has 2 aromatic carbocycles. The highest BCUT2D eigenvalue weighted by Gasteiger charge is 2.19. The number of benzene rings is 2. The summed E-state index contributed by atoms with van der Waals surface area (Å²) in [6, 6.07) is 19.5. The molecule has 23 heavy (non-hydrogen) atoms. The van der Waals surface area contributed by atoms with E-state index in [1.807, 2.05) is 60.7 Å². The number of aromatic nitrogens is 1. The Hall–Kier alpha value is -2.27. The van der Waals surface area contributed by atoms with E-state index >= 15 is 0 Å². The van der Waals surface area contributed by atoms with Gasteiger partial charge in [0.25, 0.3) is 0 Å². The van der Waals surface area contributed by atoms with Crippen molar-refractivity contribution >= 4 is 26.8 Å². The van der Waals surface area contributed by atoms with Crippen molar-refractivity contribution in [2.75, 3.05) is 6.54 Å². The van der Waals surface area contributed by atoms with Gasteiger partial charge < -0.3 is 0 Å². The Balaban J connectivity index is 1.89. The zero-order chi connectivity index (χ0) is 16.2. The maximum absolute atomic E-state index is 11.0. The minimum Gasteiger partial charge on any atom is -0.265 e. The predicted octanol–water partition coefficient (Wildman–Crippen LogP) is 4.60. The highest BCUT2D eigenvalue weighted by atomic mass is 79.9. The van der Waals surface area contributed by atoms with Crippen LogP contribution in [-0.2, 0) is 6.42 Å². The summed E-state index contributed by atoms with van der Waals surface area (Å²) in [4.78, 5) is 15.4. The average molecular weight is 371 g/mol. The number of rotatable bonds is 5. The molecule has 0 bridgehead atoms. The molecule has 0 saturated carbocycles. The van der Waals surface area contributed by atoms with Crippen molar-refractivity contribution in [3.63, 3.8) is 0 Å².